The number of amides is 2. The molecule has 2 bridgehead atoms. The van der Waals surface area contributed by atoms with E-state index in [0.29, 0.717) is 11.3 Å². The SMILES string of the molecule is Cc1cnc(C(=O)NC2CC3CCC(C2)N3C(=O)c2cnccc2C)cn1. The van der Waals surface area contributed by atoms with Gasteiger partial charge in [-0.3, -0.25) is 19.6 Å². The average molecular weight is 365 g/mol. The van der Waals surface area contributed by atoms with E-state index >= 15 is 0 Å². The van der Waals surface area contributed by atoms with E-state index < -0.39 is 0 Å². The minimum absolute atomic E-state index is 0.0529. The Bertz CT molecular complexity index is 853. The lowest BCUT2D eigenvalue weighted by Gasteiger charge is -2.39. The fourth-order valence-electron chi connectivity index (χ4n) is 4.22. The van der Waals surface area contributed by atoms with Crippen molar-refractivity contribution in [2.24, 2.45) is 0 Å². The summed E-state index contributed by atoms with van der Waals surface area (Å²) in [5.74, 6) is -0.142. The molecule has 7 nitrogen and oxygen atoms in total. The van der Waals surface area contributed by atoms with Gasteiger partial charge in [-0.15, -0.1) is 0 Å². The Kier molecular flexibility index (Phi) is 4.59. The van der Waals surface area contributed by atoms with Gasteiger partial charge in [0, 0.05) is 36.7 Å². The maximum absolute atomic E-state index is 13.0. The highest BCUT2D eigenvalue weighted by Gasteiger charge is 2.44. The van der Waals surface area contributed by atoms with Crippen LogP contribution in [0.4, 0.5) is 0 Å². The number of carbonyl (C=O) groups excluding carboxylic acids is 2. The van der Waals surface area contributed by atoms with Crippen molar-refractivity contribution < 1.29 is 9.59 Å². The fraction of sp³-hybridized carbons (Fsp3) is 0.450. The number of carbonyl (C=O) groups is 2. The van der Waals surface area contributed by atoms with E-state index in [-0.39, 0.29) is 29.9 Å². The number of piperidine rings is 1. The monoisotopic (exact) mass is 365 g/mol. The van der Waals surface area contributed by atoms with Crippen molar-refractivity contribution in [3.63, 3.8) is 0 Å². The zero-order chi connectivity index (χ0) is 19.0. The molecule has 0 spiro atoms. The smallest absolute Gasteiger partial charge is 0.271 e. The van der Waals surface area contributed by atoms with Crippen molar-refractivity contribution in [2.45, 2.75) is 57.7 Å². The molecule has 4 rings (SSSR count). The van der Waals surface area contributed by atoms with Gasteiger partial charge in [0.1, 0.15) is 5.69 Å². The number of aromatic nitrogens is 3. The predicted molar refractivity (Wildman–Crippen MR) is 99.2 cm³/mol. The summed E-state index contributed by atoms with van der Waals surface area (Å²) in [6, 6.07) is 2.23. The van der Waals surface area contributed by atoms with Crippen LogP contribution in [0.1, 0.15) is 57.8 Å². The highest BCUT2D eigenvalue weighted by molar-refractivity contribution is 5.96. The maximum atomic E-state index is 13.0. The molecule has 4 heterocycles. The molecule has 2 amide bonds. The minimum Gasteiger partial charge on any atom is -0.348 e. The van der Waals surface area contributed by atoms with Crippen LogP contribution in [0.15, 0.2) is 30.9 Å². The molecular formula is C20H23N5O2. The van der Waals surface area contributed by atoms with Gasteiger partial charge < -0.3 is 10.2 Å². The molecule has 0 radical (unpaired) electrons. The van der Waals surface area contributed by atoms with Crippen LogP contribution < -0.4 is 5.32 Å². The molecule has 2 aromatic heterocycles. The largest absolute Gasteiger partial charge is 0.348 e. The topological polar surface area (TPSA) is 88.1 Å². The third-order valence-electron chi connectivity index (χ3n) is 5.59. The molecule has 7 heteroatoms. The van der Waals surface area contributed by atoms with Gasteiger partial charge in [-0.25, -0.2) is 4.98 Å². The lowest BCUT2D eigenvalue weighted by atomic mass is 9.95. The molecule has 2 saturated heterocycles. The standard InChI is InChI=1S/C20H23N5O2/c1-12-5-6-21-10-17(12)20(27)25-15-3-4-16(25)8-14(7-15)24-19(26)18-11-22-13(2)9-23-18/h5-6,9-11,14-16H,3-4,7-8H2,1-2H3,(H,24,26). The molecule has 2 aliphatic rings. The van der Waals surface area contributed by atoms with Gasteiger partial charge in [0.15, 0.2) is 0 Å². The Morgan fingerprint density at radius 1 is 1.07 bits per heavy atom. The Morgan fingerprint density at radius 3 is 2.44 bits per heavy atom. The van der Waals surface area contributed by atoms with Crippen LogP contribution in [-0.2, 0) is 0 Å². The molecule has 2 fully saturated rings. The number of hydrogen-bond donors (Lipinski definition) is 1. The number of nitrogens with zero attached hydrogens (tertiary/aromatic N) is 4. The Hall–Kier alpha value is -2.83. The van der Waals surface area contributed by atoms with Crippen LogP contribution in [0.25, 0.3) is 0 Å². The molecular weight excluding hydrogens is 342 g/mol. The van der Waals surface area contributed by atoms with Gasteiger partial charge >= 0.3 is 0 Å². The molecule has 140 valence electrons. The van der Waals surface area contributed by atoms with Crippen LogP contribution in [0, 0.1) is 13.8 Å². The molecule has 2 unspecified atom stereocenters. The lowest BCUT2D eigenvalue weighted by molar-refractivity contribution is 0.0548. The number of pyridine rings is 1. The van der Waals surface area contributed by atoms with E-state index in [9.17, 15) is 9.59 Å². The molecule has 2 aromatic rings. The number of nitrogens with one attached hydrogen (secondary N) is 1. The predicted octanol–water partition coefficient (Wildman–Crippen LogP) is 2.05. The molecule has 2 aliphatic heterocycles. The molecule has 2 atom stereocenters. The highest BCUT2D eigenvalue weighted by atomic mass is 16.2. The van der Waals surface area contributed by atoms with Gasteiger partial charge in [0.25, 0.3) is 11.8 Å². The Balaban J connectivity index is 1.44. The van der Waals surface area contributed by atoms with Crippen LogP contribution >= 0.6 is 0 Å². The number of aryl methyl sites for hydroxylation is 2. The molecule has 0 saturated carbocycles. The van der Waals surface area contributed by atoms with Crippen LogP contribution in [0.3, 0.4) is 0 Å². The van der Waals surface area contributed by atoms with Gasteiger partial charge in [-0.1, -0.05) is 0 Å². The van der Waals surface area contributed by atoms with Crippen molar-refractivity contribution in [1.82, 2.24) is 25.2 Å². The Morgan fingerprint density at radius 2 is 1.81 bits per heavy atom. The summed E-state index contributed by atoms with van der Waals surface area (Å²) in [5, 5.41) is 3.07. The highest BCUT2D eigenvalue weighted by Crippen LogP contribution is 2.37. The first-order chi connectivity index (χ1) is 13.0. The second-order valence-corrected chi connectivity index (χ2v) is 7.47. The summed E-state index contributed by atoms with van der Waals surface area (Å²) in [6.45, 7) is 3.77. The Labute approximate surface area is 158 Å². The number of fused-ring (bicyclic) bond motifs is 2. The van der Waals surface area contributed by atoms with E-state index in [2.05, 4.69) is 20.3 Å². The average Bonchev–Trinajstić information content (AvgIpc) is 2.93. The van der Waals surface area contributed by atoms with E-state index in [1.807, 2.05) is 24.8 Å². The van der Waals surface area contributed by atoms with Gasteiger partial charge in [-0.05, 0) is 51.2 Å². The number of rotatable bonds is 3. The van der Waals surface area contributed by atoms with Crippen molar-refractivity contribution in [1.29, 1.82) is 0 Å². The third-order valence-corrected chi connectivity index (χ3v) is 5.59. The van der Waals surface area contributed by atoms with E-state index in [4.69, 9.17) is 0 Å². The fourth-order valence-corrected chi connectivity index (χ4v) is 4.22. The van der Waals surface area contributed by atoms with Crippen LogP contribution in [0.5, 0.6) is 0 Å². The van der Waals surface area contributed by atoms with Gasteiger partial charge in [0.05, 0.1) is 17.5 Å². The van der Waals surface area contributed by atoms with Gasteiger partial charge in [-0.2, -0.15) is 0 Å². The summed E-state index contributed by atoms with van der Waals surface area (Å²) in [5.41, 5.74) is 2.73. The molecule has 1 N–H and O–H groups in total. The van der Waals surface area contributed by atoms with E-state index in [1.54, 1.807) is 18.6 Å². The summed E-state index contributed by atoms with van der Waals surface area (Å²) in [4.78, 5) is 39.9. The molecule has 27 heavy (non-hydrogen) atoms. The molecule has 0 aromatic carbocycles. The normalized spacial score (nSPS) is 23.9. The van der Waals surface area contributed by atoms with Crippen LogP contribution in [-0.4, -0.2) is 49.8 Å². The lowest BCUT2D eigenvalue weighted by Crippen LogP contribution is -2.52. The van der Waals surface area contributed by atoms with Crippen LogP contribution in [0.2, 0.25) is 0 Å². The second-order valence-electron chi connectivity index (χ2n) is 7.47. The third kappa shape index (κ3) is 3.41. The summed E-state index contributed by atoms with van der Waals surface area (Å²) < 4.78 is 0. The van der Waals surface area contributed by atoms with E-state index in [1.165, 1.54) is 6.20 Å². The molecule has 0 aliphatic carbocycles. The number of hydrogen-bond acceptors (Lipinski definition) is 5. The van der Waals surface area contributed by atoms with E-state index in [0.717, 1.165) is 36.9 Å². The summed E-state index contributed by atoms with van der Waals surface area (Å²) >= 11 is 0. The van der Waals surface area contributed by atoms with Crippen molar-refractivity contribution >= 4 is 11.8 Å². The first kappa shape index (κ1) is 17.6. The second kappa shape index (κ2) is 7.06. The maximum Gasteiger partial charge on any atom is 0.271 e. The first-order valence-corrected chi connectivity index (χ1v) is 9.35. The van der Waals surface area contributed by atoms with Crippen molar-refractivity contribution in [3.05, 3.63) is 53.4 Å². The minimum atomic E-state index is -0.199. The van der Waals surface area contributed by atoms with Gasteiger partial charge in [0.2, 0.25) is 0 Å². The van der Waals surface area contributed by atoms with Crippen molar-refractivity contribution in [3.8, 4) is 0 Å². The van der Waals surface area contributed by atoms with Crippen molar-refractivity contribution in [2.75, 3.05) is 0 Å². The zero-order valence-corrected chi connectivity index (χ0v) is 15.6. The summed E-state index contributed by atoms with van der Waals surface area (Å²) in [6.07, 6.45) is 9.95. The zero-order valence-electron chi connectivity index (χ0n) is 15.6. The first-order valence-electron chi connectivity index (χ1n) is 9.35. The summed E-state index contributed by atoms with van der Waals surface area (Å²) in [7, 11) is 0. The quantitative estimate of drug-likeness (QED) is 0.899.